The van der Waals surface area contributed by atoms with Gasteiger partial charge >= 0.3 is 0 Å². The van der Waals surface area contributed by atoms with Gasteiger partial charge in [0.1, 0.15) is 0 Å². The molecule has 90 valence electrons. The normalized spacial score (nSPS) is 27.6. The Labute approximate surface area is 95.4 Å². The summed E-state index contributed by atoms with van der Waals surface area (Å²) in [5.41, 5.74) is 0.323. The predicted octanol–water partition coefficient (Wildman–Crippen LogP) is 2.64. The predicted molar refractivity (Wildman–Crippen MR) is 67.3 cm³/mol. The summed E-state index contributed by atoms with van der Waals surface area (Å²) >= 11 is 0. The van der Waals surface area contributed by atoms with Crippen LogP contribution >= 0.6 is 0 Å². The number of rotatable bonds is 4. The summed E-state index contributed by atoms with van der Waals surface area (Å²) in [6.45, 7) is 13.0. The second-order valence-corrected chi connectivity index (χ2v) is 5.53. The first-order chi connectivity index (χ1) is 7.08. The quantitative estimate of drug-likeness (QED) is 0.721. The van der Waals surface area contributed by atoms with Crippen molar-refractivity contribution in [3.8, 4) is 0 Å². The third-order valence-electron chi connectivity index (χ3n) is 3.61. The van der Waals surface area contributed by atoms with Crippen LogP contribution in [0.4, 0.5) is 0 Å². The van der Waals surface area contributed by atoms with Crippen molar-refractivity contribution in [1.82, 2.24) is 10.2 Å². The summed E-state index contributed by atoms with van der Waals surface area (Å²) < 4.78 is 0. The third kappa shape index (κ3) is 3.76. The van der Waals surface area contributed by atoms with Gasteiger partial charge in [0.2, 0.25) is 0 Å². The van der Waals surface area contributed by atoms with E-state index in [1.807, 2.05) is 0 Å². The van der Waals surface area contributed by atoms with E-state index in [0.717, 1.165) is 12.6 Å². The molecular formula is C13H28N2. The van der Waals surface area contributed by atoms with Gasteiger partial charge in [0.25, 0.3) is 0 Å². The van der Waals surface area contributed by atoms with Gasteiger partial charge in [-0.2, -0.15) is 0 Å². The molecule has 0 aromatic rings. The van der Waals surface area contributed by atoms with E-state index in [9.17, 15) is 0 Å². The van der Waals surface area contributed by atoms with Gasteiger partial charge in [0.05, 0.1) is 0 Å². The second kappa shape index (κ2) is 5.86. The molecule has 1 rings (SSSR count). The summed E-state index contributed by atoms with van der Waals surface area (Å²) in [5, 5.41) is 3.55. The Balaban J connectivity index is 2.52. The zero-order chi connectivity index (χ0) is 11.3. The molecule has 1 saturated heterocycles. The maximum absolute atomic E-state index is 3.55. The van der Waals surface area contributed by atoms with Gasteiger partial charge in [0, 0.05) is 18.1 Å². The molecule has 1 atom stereocenters. The van der Waals surface area contributed by atoms with E-state index in [1.165, 1.54) is 38.8 Å². The molecule has 2 heteroatoms. The lowest BCUT2D eigenvalue weighted by molar-refractivity contribution is 0.0864. The fourth-order valence-electron chi connectivity index (χ4n) is 2.61. The molecule has 0 aromatic heterocycles. The average Bonchev–Trinajstić information content (AvgIpc) is 2.29. The molecule has 1 fully saturated rings. The van der Waals surface area contributed by atoms with Crippen molar-refractivity contribution in [1.29, 1.82) is 0 Å². The Morgan fingerprint density at radius 3 is 2.73 bits per heavy atom. The zero-order valence-electron chi connectivity index (χ0n) is 11.0. The van der Waals surface area contributed by atoms with Crippen molar-refractivity contribution in [2.45, 2.75) is 65.0 Å². The molecule has 1 aliphatic heterocycles. The smallest absolute Gasteiger partial charge is 0.0280 e. The van der Waals surface area contributed by atoms with E-state index < -0.39 is 0 Å². The fourth-order valence-corrected chi connectivity index (χ4v) is 2.61. The molecule has 1 aliphatic rings. The van der Waals surface area contributed by atoms with Crippen molar-refractivity contribution in [3.05, 3.63) is 0 Å². The highest BCUT2D eigenvalue weighted by atomic mass is 15.2. The first-order valence-corrected chi connectivity index (χ1v) is 6.55. The minimum absolute atomic E-state index is 0.323. The summed E-state index contributed by atoms with van der Waals surface area (Å²) in [7, 11) is 0. The van der Waals surface area contributed by atoms with Crippen LogP contribution in [-0.2, 0) is 0 Å². The monoisotopic (exact) mass is 212 g/mol. The molecule has 1 heterocycles. The summed E-state index contributed by atoms with van der Waals surface area (Å²) in [6.07, 6.45) is 5.33. The molecule has 1 unspecified atom stereocenters. The molecule has 0 spiro atoms. The highest BCUT2D eigenvalue weighted by molar-refractivity contribution is 4.89. The largest absolute Gasteiger partial charge is 0.315 e. The molecular weight excluding hydrogens is 184 g/mol. The van der Waals surface area contributed by atoms with Crippen LogP contribution in [0.1, 0.15) is 53.4 Å². The van der Waals surface area contributed by atoms with Crippen molar-refractivity contribution >= 4 is 0 Å². The van der Waals surface area contributed by atoms with Gasteiger partial charge in [-0.1, -0.05) is 19.8 Å². The van der Waals surface area contributed by atoms with Gasteiger partial charge in [-0.25, -0.2) is 0 Å². The zero-order valence-corrected chi connectivity index (χ0v) is 11.0. The van der Waals surface area contributed by atoms with Crippen LogP contribution in [0.3, 0.4) is 0 Å². The van der Waals surface area contributed by atoms with Crippen LogP contribution in [0.15, 0.2) is 0 Å². The Bertz CT molecular complexity index is 177. The van der Waals surface area contributed by atoms with E-state index in [0.29, 0.717) is 5.54 Å². The van der Waals surface area contributed by atoms with Crippen LogP contribution in [0, 0.1) is 0 Å². The summed E-state index contributed by atoms with van der Waals surface area (Å²) in [4.78, 5) is 2.70. The van der Waals surface area contributed by atoms with E-state index >= 15 is 0 Å². The number of hydrogen-bond acceptors (Lipinski definition) is 2. The van der Waals surface area contributed by atoms with Crippen molar-refractivity contribution in [2.24, 2.45) is 0 Å². The van der Waals surface area contributed by atoms with Gasteiger partial charge in [0.15, 0.2) is 0 Å². The van der Waals surface area contributed by atoms with Crippen molar-refractivity contribution < 1.29 is 0 Å². The highest BCUT2D eigenvalue weighted by Gasteiger charge is 2.31. The van der Waals surface area contributed by atoms with Gasteiger partial charge in [-0.05, 0) is 46.7 Å². The molecule has 0 aliphatic carbocycles. The maximum atomic E-state index is 3.55. The molecule has 1 N–H and O–H groups in total. The van der Waals surface area contributed by atoms with Gasteiger partial charge < -0.3 is 5.32 Å². The first kappa shape index (κ1) is 13.0. The molecule has 0 radical (unpaired) electrons. The van der Waals surface area contributed by atoms with Crippen LogP contribution < -0.4 is 5.32 Å². The molecule has 2 nitrogen and oxygen atoms in total. The van der Waals surface area contributed by atoms with Crippen LogP contribution in [0.2, 0.25) is 0 Å². The Kier molecular flexibility index (Phi) is 5.07. The van der Waals surface area contributed by atoms with E-state index in [4.69, 9.17) is 0 Å². The molecule has 0 saturated carbocycles. The summed E-state index contributed by atoms with van der Waals surface area (Å²) in [6, 6.07) is 0.729. The second-order valence-electron chi connectivity index (χ2n) is 5.53. The average molecular weight is 212 g/mol. The van der Waals surface area contributed by atoms with Crippen molar-refractivity contribution in [2.75, 3.05) is 19.6 Å². The van der Waals surface area contributed by atoms with Crippen LogP contribution in [-0.4, -0.2) is 36.1 Å². The summed E-state index contributed by atoms with van der Waals surface area (Å²) in [5.74, 6) is 0. The SMILES string of the molecule is CCCCCN1C(C)CCNCC1(C)C. The molecule has 15 heavy (non-hydrogen) atoms. The maximum Gasteiger partial charge on any atom is 0.0280 e. The fraction of sp³-hybridized carbons (Fsp3) is 1.00. The standard InChI is InChI=1S/C13H28N2/c1-5-6-7-10-15-12(2)8-9-14-11-13(15,3)4/h12,14H,5-11H2,1-4H3. The number of nitrogens with one attached hydrogen (secondary N) is 1. The van der Waals surface area contributed by atoms with E-state index in [-0.39, 0.29) is 0 Å². The van der Waals surface area contributed by atoms with Gasteiger partial charge in [-0.3, -0.25) is 4.90 Å². The number of hydrogen-bond donors (Lipinski definition) is 1. The topological polar surface area (TPSA) is 15.3 Å². The minimum atomic E-state index is 0.323. The lowest BCUT2D eigenvalue weighted by atomic mass is 10.00. The van der Waals surface area contributed by atoms with E-state index in [2.05, 4.69) is 37.9 Å². The molecule has 0 bridgehead atoms. The van der Waals surface area contributed by atoms with E-state index in [1.54, 1.807) is 0 Å². The Hall–Kier alpha value is -0.0800. The lowest BCUT2D eigenvalue weighted by Crippen LogP contribution is -2.51. The third-order valence-corrected chi connectivity index (χ3v) is 3.61. The number of nitrogens with zero attached hydrogens (tertiary/aromatic N) is 1. The molecule has 0 amide bonds. The highest BCUT2D eigenvalue weighted by Crippen LogP contribution is 2.22. The Morgan fingerprint density at radius 2 is 2.07 bits per heavy atom. The van der Waals surface area contributed by atoms with Crippen LogP contribution in [0.5, 0.6) is 0 Å². The lowest BCUT2D eigenvalue weighted by Gasteiger charge is -2.40. The molecule has 0 aromatic carbocycles. The van der Waals surface area contributed by atoms with Crippen LogP contribution in [0.25, 0.3) is 0 Å². The first-order valence-electron chi connectivity index (χ1n) is 6.55. The van der Waals surface area contributed by atoms with Crippen molar-refractivity contribution in [3.63, 3.8) is 0 Å². The number of unbranched alkanes of at least 4 members (excludes halogenated alkanes) is 2. The Morgan fingerprint density at radius 1 is 1.33 bits per heavy atom. The van der Waals surface area contributed by atoms with Gasteiger partial charge in [-0.15, -0.1) is 0 Å². The minimum Gasteiger partial charge on any atom is -0.315 e.